The van der Waals surface area contributed by atoms with Gasteiger partial charge in [-0.15, -0.1) is 11.3 Å². The van der Waals surface area contributed by atoms with E-state index >= 15 is 0 Å². The number of hydrogen-bond acceptors (Lipinski definition) is 4. The van der Waals surface area contributed by atoms with Crippen molar-refractivity contribution in [3.8, 4) is 17.6 Å². The predicted molar refractivity (Wildman–Crippen MR) is 109 cm³/mol. The van der Waals surface area contributed by atoms with Crippen molar-refractivity contribution in [3.63, 3.8) is 0 Å². The molecule has 0 bridgehead atoms. The Morgan fingerprint density at radius 2 is 1.96 bits per heavy atom. The largest absolute Gasteiger partial charge is 0.497 e. The molecule has 0 fully saturated rings. The van der Waals surface area contributed by atoms with Gasteiger partial charge >= 0.3 is 0 Å². The lowest BCUT2D eigenvalue weighted by Crippen LogP contribution is -2.27. The highest BCUT2D eigenvalue weighted by Gasteiger charge is 2.55. The van der Waals surface area contributed by atoms with E-state index in [-0.39, 0.29) is 5.78 Å². The average Bonchev–Trinajstić information content (AvgIpc) is 3.24. The van der Waals surface area contributed by atoms with Gasteiger partial charge in [0.25, 0.3) is 0 Å². The summed E-state index contributed by atoms with van der Waals surface area (Å²) in [5.41, 5.74) is 1.21. The Balaban J connectivity index is 1.74. The fourth-order valence-electron chi connectivity index (χ4n) is 2.92. The van der Waals surface area contributed by atoms with E-state index in [1.165, 1.54) is 11.3 Å². The standard InChI is InChI=1S/C22H14ClNO2S/c1-26-18-5-2-4-15(14-18)21-22(24-21,16-7-9-17(23)10-8-16)20(25)12-11-19-6-3-13-27-19/h2-10,13-14H,1H3. The zero-order chi connectivity index (χ0) is 18.9. The summed E-state index contributed by atoms with van der Waals surface area (Å²) in [5.74, 6) is 6.17. The molecule has 1 unspecified atom stereocenters. The van der Waals surface area contributed by atoms with Crippen LogP contribution in [0.3, 0.4) is 0 Å². The van der Waals surface area contributed by atoms with Crippen LogP contribution in [-0.4, -0.2) is 18.6 Å². The number of aliphatic imine (C=N–C) groups is 1. The summed E-state index contributed by atoms with van der Waals surface area (Å²) in [4.78, 5) is 18.5. The lowest BCUT2D eigenvalue weighted by molar-refractivity contribution is -0.115. The van der Waals surface area contributed by atoms with Crippen molar-refractivity contribution >= 4 is 34.4 Å². The molecular formula is C22H14ClNO2S. The van der Waals surface area contributed by atoms with Crippen molar-refractivity contribution < 1.29 is 9.53 Å². The Morgan fingerprint density at radius 1 is 1.15 bits per heavy atom. The lowest BCUT2D eigenvalue weighted by Gasteiger charge is -2.12. The third kappa shape index (κ3) is 3.28. The van der Waals surface area contributed by atoms with E-state index in [1.54, 1.807) is 19.2 Å². The zero-order valence-electron chi connectivity index (χ0n) is 14.4. The van der Waals surface area contributed by atoms with Crippen LogP contribution in [0.5, 0.6) is 5.75 Å². The molecular weight excluding hydrogens is 378 g/mol. The number of ketones is 1. The number of ether oxygens (including phenoxy) is 1. The molecule has 1 atom stereocenters. The highest BCUT2D eigenvalue weighted by Crippen LogP contribution is 2.44. The number of carbonyl (C=O) groups excluding carboxylic acids is 1. The first-order valence-electron chi connectivity index (χ1n) is 8.24. The summed E-state index contributed by atoms with van der Waals surface area (Å²) < 4.78 is 5.30. The van der Waals surface area contributed by atoms with Crippen LogP contribution in [0.25, 0.3) is 0 Å². The van der Waals surface area contributed by atoms with Gasteiger partial charge in [0, 0.05) is 10.6 Å². The van der Waals surface area contributed by atoms with Gasteiger partial charge in [0.15, 0.2) is 5.54 Å². The molecule has 0 saturated heterocycles. The second-order valence-electron chi connectivity index (χ2n) is 5.97. The molecule has 5 heteroatoms. The third-order valence-electron chi connectivity index (χ3n) is 4.33. The maximum absolute atomic E-state index is 13.1. The Bertz CT molecular complexity index is 1090. The number of Topliss-reactive ketones (excluding diaryl/α,β-unsaturated/α-hetero) is 1. The van der Waals surface area contributed by atoms with Crippen molar-refractivity contribution in [2.75, 3.05) is 7.11 Å². The lowest BCUT2D eigenvalue weighted by atomic mass is 9.86. The van der Waals surface area contributed by atoms with E-state index in [2.05, 4.69) is 16.8 Å². The molecule has 4 rings (SSSR count). The fourth-order valence-corrected chi connectivity index (χ4v) is 3.62. The number of hydrogen-bond donors (Lipinski definition) is 0. The van der Waals surface area contributed by atoms with Crippen LogP contribution in [0.1, 0.15) is 16.0 Å². The Kier molecular flexibility index (Phi) is 4.57. The number of thiophene rings is 1. The first-order valence-corrected chi connectivity index (χ1v) is 9.50. The van der Waals surface area contributed by atoms with Crippen molar-refractivity contribution in [3.05, 3.63) is 87.1 Å². The summed E-state index contributed by atoms with van der Waals surface area (Å²) >= 11 is 7.52. The minimum absolute atomic E-state index is 0.254. The molecule has 27 heavy (non-hydrogen) atoms. The summed E-state index contributed by atoms with van der Waals surface area (Å²) in [6.45, 7) is 0. The molecule has 2 aromatic carbocycles. The van der Waals surface area contributed by atoms with E-state index < -0.39 is 5.54 Å². The summed E-state index contributed by atoms with van der Waals surface area (Å²) in [5, 5.41) is 2.54. The van der Waals surface area contributed by atoms with Crippen LogP contribution in [0.2, 0.25) is 5.02 Å². The molecule has 3 aromatic rings. The molecule has 3 nitrogen and oxygen atoms in total. The number of benzene rings is 2. The highest BCUT2D eigenvalue weighted by atomic mass is 35.5. The topological polar surface area (TPSA) is 38.7 Å². The predicted octanol–water partition coefficient (Wildman–Crippen LogP) is 4.73. The van der Waals surface area contributed by atoms with Gasteiger partial charge < -0.3 is 4.74 Å². The van der Waals surface area contributed by atoms with Crippen LogP contribution in [0.4, 0.5) is 0 Å². The molecule has 1 aromatic heterocycles. The second kappa shape index (κ2) is 7.03. The molecule has 0 radical (unpaired) electrons. The van der Waals surface area contributed by atoms with Gasteiger partial charge in [-0.1, -0.05) is 41.9 Å². The molecule has 0 spiro atoms. The van der Waals surface area contributed by atoms with E-state index in [0.717, 1.165) is 16.0 Å². The zero-order valence-corrected chi connectivity index (χ0v) is 16.0. The number of carbonyl (C=O) groups is 1. The second-order valence-corrected chi connectivity index (χ2v) is 7.35. The van der Waals surface area contributed by atoms with Gasteiger partial charge in [0.2, 0.25) is 5.78 Å². The van der Waals surface area contributed by atoms with Gasteiger partial charge in [-0.3, -0.25) is 9.79 Å². The van der Waals surface area contributed by atoms with Crippen LogP contribution >= 0.6 is 22.9 Å². The molecule has 1 aliphatic heterocycles. The SMILES string of the molecule is COc1cccc(C2=NC2(C(=O)C#Cc2cccs2)c2ccc(Cl)cc2)c1. The Labute approximate surface area is 166 Å². The maximum Gasteiger partial charge on any atom is 0.244 e. The molecule has 0 saturated carbocycles. The number of rotatable bonds is 4. The number of nitrogens with zero attached hydrogens (tertiary/aromatic N) is 1. The molecule has 132 valence electrons. The molecule has 0 N–H and O–H groups in total. The van der Waals surface area contributed by atoms with Gasteiger partial charge in [-0.25, -0.2) is 0 Å². The Hall–Kier alpha value is -2.87. The maximum atomic E-state index is 13.1. The Morgan fingerprint density at radius 3 is 2.67 bits per heavy atom. The van der Waals surface area contributed by atoms with Crippen LogP contribution in [-0.2, 0) is 10.3 Å². The van der Waals surface area contributed by atoms with Crippen molar-refractivity contribution in [2.24, 2.45) is 4.99 Å². The van der Waals surface area contributed by atoms with Gasteiger partial charge in [0.05, 0.1) is 17.7 Å². The third-order valence-corrected chi connectivity index (χ3v) is 5.36. The van der Waals surface area contributed by atoms with Crippen LogP contribution in [0.15, 0.2) is 71.0 Å². The number of methoxy groups -OCH3 is 1. The van der Waals surface area contributed by atoms with Crippen LogP contribution in [0, 0.1) is 11.8 Å². The molecule has 1 aliphatic rings. The molecule has 0 aliphatic carbocycles. The van der Waals surface area contributed by atoms with Gasteiger partial charge in [0.1, 0.15) is 5.75 Å². The molecule has 2 heterocycles. The average molecular weight is 392 g/mol. The summed E-state index contributed by atoms with van der Waals surface area (Å²) in [6, 6.07) is 18.5. The van der Waals surface area contributed by atoms with Gasteiger partial charge in [-0.05, 0) is 53.1 Å². The normalized spacial score (nSPS) is 17.5. The smallest absolute Gasteiger partial charge is 0.244 e. The monoisotopic (exact) mass is 391 g/mol. The van der Waals surface area contributed by atoms with Crippen LogP contribution < -0.4 is 4.74 Å². The van der Waals surface area contributed by atoms with Gasteiger partial charge in [-0.2, -0.15) is 0 Å². The number of halogens is 1. The van der Waals surface area contributed by atoms with E-state index in [1.807, 2.05) is 53.9 Å². The van der Waals surface area contributed by atoms with Crippen molar-refractivity contribution in [1.29, 1.82) is 0 Å². The quantitative estimate of drug-likeness (QED) is 0.603. The van der Waals surface area contributed by atoms with E-state index in [4.69, 9.17) is 16.3 Å². The highest BCUT2D eigenvalue weighted by molar-refractivity contribution is 7.10. The van der Waals surface area contributed by atoms with Crippen molar-refractivity contribution in [1.82, 2.24) is 0 Å². The minimum atomic E-state index is -1.08. The first kappa shape index (κ1) is 17.5. The van der Waals surface area contributed by atoms with E-state index in [9.17, 15) is 4.79 Å². The summed E-state index contributed by atoms with van der Waals surface area (Å²) in [6.07, 6.45) is 0. The fraction of sp³-hybridized carbons (Fsp3) is 0.0909. The van der Waals surface area contributed by atoms with E-state index in [0.29, 0.717) is 16.5 Å². The first-order chi connectivity index (χ1) is 13.1. The van der Waals surface area contributed by atoms with Crippen molar-refractivity contribution in [2.45, 2.75) is 5.54 Å². The summed E-state index contributed by atoms with van der Waals surface area (Å²) in [7, 11) is 1.61. The molecule has 0 amide bonds. The minimum Gasteiger partial charge on any atom is -0.497 e.